The third-order valence-electron chi connectivity index (χ3n) is 8.43. The summed E-state index contributed by atoms with van der Waals surface area (Å²) < 4.78 is 5.25. The van der Waals surface area contributed by atoms with Crippen molar-refractivity contribution in [1.82, 2.24) is 0 Å². The molecular weight excluding hydrogens is 481 g/mol. The summed E-state index contributed by atoms with van der Waals surface area (Å²) in [5.41, 5.74) is 12.7. The minimum atomic E-state index is -2.60. The number of nitrogens with one attached hydrogen (secondary N) is 1. The van der Waals surface area contributed by atoms with Crippen LogP contribution in [0, 0.1) is 0 Å². The van der Waals surface area contributed by atoms with E-state index < -0.39 is 7.56 Å². The summed E-state index contributed by atoms with van der Waals surface area (Å²) in [4.78, 5) is 0. The van der Waals surface area contributed by atoms with Crippen molar-refractivity contribution in [1.29, 1.82) is 0 Å². The molecule has 6 aromatic rings. The number of pyridine rings is 2. The molecule has 0 amide bonds. The zero-order chi connectivity index (χ0) is 24.8. The van der Waals surface area contributed by atoms with Crippen molar-refractivity contribution in [3.63, 3.8) is 0 Å². The second kappa shape index (κ2) is 7.25. The molecule has 1 spiro atoms. The van der Waals surface area contributed by atoms with Gasteiger partial charge in [0.15, 0.2) is 0 Å². The fraction of sp³-hybridized carbons (Fsp3) is 0. The fourth-order valence-corrected chi connectivity index (χ4v) is 12.3. The Hall–Kier alpha value is -4.59. The number of hydrogen-bond acceptors (Lipinski definition) is 1. The molecule has 0 radical (unpaired) electrons. The third kappa shape index (κ3) is 2.43. The molecule has 0 fully saturated rings. The van der Waals surface area contributed by atoms with E-state index in [0.717, 1.165) is 0 Å². The predicted molar refractivity (Wildman–Crippen MR) is 157 cm³/mol. The maximum absolute atomic E-state index is 3.96. The normalized spacial score (nSPS) is 15.1. The van der Waals surface area contributed by atoms with E-state index >= 15 is 0 Å². The van der Waals surface area contributed by atoms with Crippen LogP contribution >= 0.6 is 7.56 Å². The molecule has 1 N–H and O–H groups in total. The average Bonchev–Trinajstić information content (AvgIpc) is 3.46. The minimum absolute atomic E-state index is 1.23. The first kappa shape index (κ1) is 20.5. The van der Waals surface area contributed by atoms with E-state index in [9.17, 15) is 0 Å². The number of hydrogen-bond donors (Lipinski definition) is 1. The van der Waals surface area contributed by atoms with Gasteiger partial charge in [0.25, 0.3) is 0 Å². The first-order valence-electron chi connectivity index (χ1n) is 13.1. The Morgan fingerprint density at radius 2 is 0.895 bits per heavy atom. The van der Waals surface area contributed by atoms with Crippen molar-refractivity contribution >= 4 is 29.5 Å². The molecule has 38 heavy (non-hydrogen) atoms. The number of benzene rings is 4. The van der Waals surface area contributed by atoms with Gasteiger partial charge >= 0.3 is 222 Å². The van der Waals surface area contributed by atoms with E-state index in [4.69, 9.17) is 0 Å². The molecule has 2 aromatic heterocycles. The molecule has 0 atom stereocenters. The Morgan fingerprint density at radius 3 is 1.37 bits per heavy atom. The zero-order valence-corrected chi connectivity index (χ0v) is 21.6. The van der Waals surface area contributed by atoms with E-state index in [1.54, 1.807) is 0 Å². The van der Waals surface area contributed by atoms with Crippen LogP contribution in [-0.4, -0.2) is 0 Å². The van der Waals surface area contributed by atoms with E-state index in [1.165, 1.54) is 66.8 Å². The van der Waals surface area contributed by atoms with Crippen molar-refractivity contribution in [3.05, 3.63) is 134 Å². The molecule has 4 heteroatoms. The van der Waals surface area contributed by atoms with Crippen LogP contribution in [0.4, 0.5) is 11.4 Å². The Balaban J connectivity index is 1.44. The van der Waals surface area contributed by atoms with Gasteiger partial charge in [0.05, 0.1) is 0 Å². The Morgan fingerprint density at radius 1 is 0.447 bits per heavy atom. The molecule has 9 rings (SSSR count). The van der Waals surface area contributed by atoms with Gasteiger partial charge < -0.3 is 0 Å². The number of rotatable bonds is 2. The molecule has 3 nitrogen and oxygen atoms in total. The van der Waals surface area contributed by atoms with Crippen LogP contribution in [0.3, 0.4) is 0 Å². The van der Waals surface area contributed by atoms with Gasteiger partial charge in [-0.15, -0.1) is 0 Å². The van der Waals surface area contributed by atoms with Gasteiger partial charge in [-0.2, -0.15) is 0 Å². The van der Waals surface area contributed by atoms with Crippen molar-refractivity contribution in [3.8, 4) is 44.8 Å². The second-order valence-corrected chi connectivity index (χ2v) is 13.6. The van der Waals surface area contributed by atoms with Gasteiger partial charge in [-0.05, 0) is 0 Å². The average molecular weight is 506 g/mol. The zero-order valence-electron chi connectivity index (χ0n) is 20.6. The van der Waals surface area contributed by atoms with Crippen LogP contribution in [0.1, 0.15) is 0 Å². The number of aromatic nitrogens is 2. The molecule has 4 aromatic carbocycles. The molecule has 0 aliphatic carbocycles. The monoisotopic (exact) mass is 505 g/mol. The molecule has 178 valence electrons. The van der Waals surface area contributed by atoms with Gasteiger partial charge in [-0.25, -0.2) is 0 Å². The molecule has 0 saturated carbocycles. The molecular formula is C34H24N3P+2. The topological polar surface area (TPSA) is 19.8 Å². The molecule has 3 aliphatic rings. The summed E-state index contributed by atoms with van der Waals surface area (Å²) in [5, 5.41) is 6.87. The van der Waals surface area contributed by atoms with Crippen molar-refractivity contribution < 1.29 is 8.68 Å². The molecule has 3 aliphatic heterocycles. The van der Waals surface area contributed by atoms with Crippen LogP contribution < -0.4 is 24.6 Å². The quantitative estimate of drug-likeness (QED) is 0.276. The van der Waals surface area contributed by atoms with Crippen LogP contribution in [0.25, 0.3) is 44.8 Å². The van der Waals surface area contributed by atoms with Crippen LogP contribution in [0.15, 0.2) is 134 Å². The van der Waals surface area contributed by atoms with Gasteiger partial charge in [0.2, 0.25) is 0 Å². The number of nitrogens with zero attached hydrogens (tertiary/aromatic N) is 2. The second-order valence-electron chi connectivity index (χ2n) is 10.3. The number of fused-ring (bicyclic) bond motifs is 4. The summed E-state index contributed by atoms with van der Waals surface area (Å²) >= 11 is 0. The Kier molecular flexibility index (Phi) is 3.90. The molecule has 5 heterocycles. The van der Waals surface area contributed by atoms with Gasteiger partial charge in [0, 0.05) is 0 Å². The summed E-state index contributed by atoms with van der Waals surface area (Å²) in [6.45, 7) is 0. The SMILES string of the molecule is c1ccc(-c2cc3c4c(c2)-c2cccc[n+]2[PH]42c4c(cc(-c5ccccc5)cc4-c4cccc[n+]42)N3)cc1. The van der Waals surface area contributed by atoms with Gasteiger partial charge in [-0.1, -0.05) is 0 Å². The van der Waals surface area contributed by atoms with Crippen molar-refractivity contribution in [2.45, 2.75) is 0 Å². The van der Waals surface area contributed by atoms with Crippen molar-refractivity contribution in [2.24, 2.45) is 0 Å². The standard InChI is InChI=1S/C34H24N3P/c1-3-11-23(12-4-1)25-19-27-31-15-7-9-17-36(31)38-33(27)29(21-25)35-30-22-26(24-13-5-2-6-14-24)20-28(34(30)38)32-16-8-10-18-37(32)38/h1-22,35,38H/q+2. The van der Waals surface area contributed by atoms with Crippen LogP contribution in [-0.2, 0) is 0 Å². The summed E-state index contributed by atoms with van der Waals surface area (Å²) in [6, 6.07) is 44.4. The fourth-order valence-electron chi connectivity index (χ4n) is 6.99. The van der Waals surface area contributed by atoms with E-state index in [1.807, 2.05) is 0 Å². The van der Waals surface area contributed by atoms with E-state index in [2.05, 4.69) is 148 Å². The predicted octanol–water partition coefficient (Wildman–Crippen LogP) is 6.24. The first-order chi connectivity index (χ1) is 18.8. The van der Waals surface area contributed by atoms with Crippen LogP contribution in [0.5, 0.6) is 0 Å². The molecule has 0 bridgehead atoms. The van der Waals surface area contributed by atoms with E-state index in [0.29, 0.717) is 0 Å². The summed E-state index contributed by atoms with van der Waals surface area (Å²) in [7, 11) is -2.60. The summed E-state index contributed by atoms with van der Waals surface area (Å²) in [5.74, 6) is 0. The maximum atomic E-state index is 3.96. The Labute approximate surface area is 221 Å². The summed E-state index contributed by atoms with van der Waals surface area (Å²) in [6.07, 6.45) is 4.62. The molecule has 0 unspecified atom stereocenters. The number of anilines is 2. The van der Waals surface area contributed by atoms with Gasteiger partial charge in [0.1, 0.15) is 0 Å². The van der Waals surface area contributed by atoms with Crippen LogP contribution in [0.2, 0.25) is 0 Å². The van der Waals surface area contributed by atoms with Crippen molar-refractivity contribution in [2.75, 3.05) is 5.32 Å². The first-order valence-corrected chi connectivity index (χ1v) is 15.0. The Bertz CT molecular complexity index is 1800. The third-order valence-corrected chi connectivity index (χ3v) is 13.1. The van der Waals surface area contributed by atoms with E-state index in [-0.39, 0.29) is 0 Å². The molecule has 0 saturated heterocycles. The van der Waals surface area contributed by atoms with Gasteiger partial charge in [-0.3, -0.25) is 0 Å².